The summed E-state index contributed by atoms with van der Waals surface area (Å²) >= 11 is 6.16. The van der Waals surface area contributed by atoms with Gasteiger partial charge in [-0.25, -0.2) is 4.98 Å². The van der Waals surface area contributed by atoms with E-state index in [0.29, 0.717) is 10.9 Å². The van der Waals surface area contributed by atoms with Crippen LogP contribution in [0.3, 0.4) is 0 Å². The molecule has 0 radical (unpaired) electrons. The van der Waals surface area contributed by atoms with Gasteiger partial charge in [-0.3, -0.25) is 0 Å². The lowest BCUT2D eigenvalue weighted by atomic mass is 10.0. The van der Waals surface area contributed by atoms with Crippen molar-refractivity contribution in [1.29, 1.82) is 0 Å². The highest BCUT2D eigenvalue weighted by atomic mass is 35.5. The maximum absolute atomic E-state index is 6.16. The third-order valence-electron chi connectivity index (χ3n) is 3.16. The minimum Gasteiger partial charge on any atom is -0.463 e. The van der Waals surface area contributed by atoms with Crippen molar-refractivity contribution in [2.75, 3.05) is 0 Å². The summed E-state index contributed by atoms with van der Waals surface area (Å²) < 4.78 is 6.07. The Morgan fingerprint density at radius 2 is 1.33 bits per heavy atom. The van der Waals surface area contributed by atoms with Crippen molar-refractivity contribution in [3.8, 4) is 5.88 Å². The lowest BCUT2D eigenvalue weighted by molar-refractivity contribution is 0.237. The second-order valence-corrected chi connectivity index (χ2v) is 5.02. The SMILES string of the molecule is Clc1cccnc1OC(c1ccccc1)c1ccccc1. The summed E-state index contributed by atoms with van der Waals surface area (Å²) in [7, 11) is 0. The number of hydrogen-bond acceptors (Lipinski definition) is 2. The molecule has 2 nitrogen and oxygen atoms in total. The third kappa shape index (κ3) is 3.23. The molecule has 1 aromatic heterocycles. The van der Waals surface area contributed by atoms with Gasteiger partial charge >= 0.3 is 0 Å². The van der Waals surface area contributed by atoms with Crippen molar-refractivity contribution in [2.45, 2.75) is 6.10 Å². The van der Waals surface area contributed by atoms with Crippen molar-refractivity contribution in [1.82, 2.24) is 4.98 Å². The van der Waals surface area contributed by atoms with E-state index >= 15 is 0 Å². The van der Waals surface area contributed by atoms with Crippen LogP contribution in [0.25, 0.3) is 0 Å². The van der Waals surface area contributed by atoms with Gasteiger partial charge in [0.25, 0.3) is 0 Å². The van der Waals surface area contributed by atoms with E-state index in [4.69, 9.17) is 16.3 Å². The van der Waals surface area contributed by atoms with E-state index in [0.717, 1.165) is 11.1 Å². The fraction of sp³-hybridized carbons (Fsp3) is 0.0556. The second kappa shape index (κ2) is 6.42. The van der Waals surface area contributed by atoms with Gasteiger partial charge in [-0.15, -0.1) is 0 Å². The molecule has 0 bridgehead atoms. The smallest absolute Gasteiger partial charge is 0.233 e. The normalized spacial score (nSPS) is 10.6. The van der Waals surface area contributed by atoms with Crippen LogP contribution in [-0.4, -0.2) is 4.98 Å². The highest BCUT2D eigenvalue weighted by Gasteiger charge is 2.17. The largest absolute Gasteiger partial charge is 0.463 e. The average molecular weight is 296 g/mol. The molecule has 3 rings (SSSR count). The molecule has 0 saturated heterocycles. The molecule has 0 amide bonds. The van der Waals surface area contributed by atoms with Gasteiger partial charge in [-0.2, -0.15) is 0 Å². The third-order valence-corrected chi connectivity index (χ3v) is 3.45. The molecule has 104 valence electrons. The fourth-order valence-corrected chi connectivity index (χ4v) is 2.32. The Labute approximate surface area is 129 Å². The van der Waals surface area contributed by atoms with E-state index in [1.807, 2.05) is 60.7 Å². The topological polar surface area (TPSA) is 22.1 Å². The molecule has 0 N–H and O–H groups in total. The van der Waals surface area contributed by atoms with Gasteiger partial charge in [-0.1, -0.05) is 72.3 Å². The Morgan fingerprint density at radius 3 is 1.86 bits per heavy atom. The number of pyridine rings is 1. The first-order valence-electron chi connectivity index (χ1n) is 6.71. The summed E-state index contributed by atoms with van der Waals surface area (Å²) in [6.45, 7) is 0. The Hall–Kier alpha value is -2.32. The first kappa shape index (κ1) is 13.7. The van der Waals surface area contributed by atoms with Crippen LogP contribution in [0.15, 0.2) is 79.0 Å². The van der Waals surface area contributed by atoms with Crippen LogP contribution in [-0.2, 0) is 0 Å². The molecule has 3 aromatic rings. The second-order valence-electron chi connectivity index (χ2n) is 4.61. The van der Waals surface area contributed by atoms with Crippen LogP contribution >= 0.6 is 11.6 Å². The minimum absolute atomic E-state index is 0.236. The monoisotopic (exact) mass is 295 g/mol. The van der Waals surface area contributed by atoms with Crippen LogP contribution in [0.5, 0.6) is 5.88 Å². The first-order valence-corrected chi connectivity index (χ1v) is 7.09. The van der Waals surface area contributed by atoms with Crippen molar-refractivity contribution < 1.29 is 4.74 Å². The van der Waals surface area contributed by atoms with Crippen LogP contribution in [0.2, 0.25) is 5.02 Å². The first-order chi connectivity index (χ1) is 10.3. The van der Waals surface area contributed by atoms with Crippen molar-refractivity contribution in [3.63, 3.8) is 0 Å². The molecule has 0 unspecified atom stereocenters. The summed E-state index contributed by atoms with van der Waals surface area (Å²) in [4.78, 5) is 4.21. The number of nitrogens with zero attached hydrogens (tertiary/aromatic N) is 1. The standard InChI is InChI=1S/C18H14ClNO/c19-16-12-7-13-20-18(16)21-17(14-8-3-1-4-9-14)15-10-5-2-6-11-15/h1-13,17H. The van der Waals surface area contributed by atoms with Gasteiger partial charge in [0.05, 0.1) is 0 Å². The molecule has 0 spiro atoms. The summed E-state index contributed by atoms with van der Waals surface area (Å²) in [6, 6.07) is 23.7. The van der Waals surface area contributed by atoms with Gasteiger partial charge in [0.15, 0.2) is 6.10 Å². The highest BCUT2D eigenvalue weighted by molar-refractivity contribution is 6.31. The number of hydrogen-bond donors (Lipinski definition) is 0. The number of ether oxygens (including phenoxy) is 1. The molecule has 0 atom stereocenters. The molecular weight excluding hydrogens is 282 g/mol. The van der Waals surface area contributed by atoms with Crippen LogP contribution in [0, 0.1) is 0 Å². The summed E-state index contributed by atoms with van der Waals surface area (Å²) in [5.74, 6) is 0.442. The van der Waals surface area contributed by atoms with E-state index in [1.54, 1.807) is 18.3 Å². The quantitative estimate of drug-likeness (QED) is 0.683. The molecule has 0 saturated carbocycles. The van der Waals surface area contributed by atoms with Gasteiger partial charge in [0, 0.05) is 6.20 Å². The Bertz CT molecular complexity index is 661. The van der Waals surface area contributed by atoms with Crippen molar-refractivity contribution >= 4 is 11.6 Å². The predicted octanol–water partition coefficient (Wildman–Crippen LogP) is 4.90. The van der Waals surface area contributed by atoms with Gasteiger partial charge in [-0.05, 0) is 23.3 Å². The van der Waals surface area contributed by atoms with Gasteiger partial charge in [0.1, 0.15) is 5.02 Å². The molecule has 1 heterocycles. The maximum Gasteiger partial charge on any atom is 0.233 e. The van der Waals surface area contributed by atoms with E-state index in [1.165, 1.54) is 0 Å². The summed E-state index contributed by atoms with van der Waals surface area (Å²) in [5.41, 5.74) is 2.12. The molecule has 0 aliphatic heterocycles. The lowest BCUT2D eigenvalue weighted by Gasteiger charge is -2.20. The number of rotatable bonds is 4. The number of halogens is 1. The van der Waals surface area contributed by atoms with Crippen molar-refractivity contribution in [2.24, 2.45) is 0 Å². The highest BCUT2D eigenvalue weighted by Crippen LogP contribution is 2.30. The van der Waals surface area contributed by atoms with E-state index in [9.17, 15) is 0 Å². The van der Waals surface area contributed by atoms with Crippen molar-refractivity contribution in [3.05, 3.63) is 95.1 Å². The zero-order chi connectivity index (χ0) is 14.5. The Kier molecular flexibility index (Phi) is 4.17. The zero-order valence-electron chi connectivity index (χ0n) is 11.3. The Balaban J connectivity index is 1.99. The molecule has 2 aromatic carbocycles. The van der Waals surface area contributed by atoms with E-state index in [2.05, 4.69) is 4.98 Å². The van der Waals surface area contributed by atoms with Gasteiger partial charge < -0.3 is 4.74 Å². The average Bonchev–Trinajstić information content (AvgIpc) is 2.56. The van der Waals surface area contributed by atoms with Crippen LogP contribution < -0.4 is 4.74 Å². The molecular formula is C18H14ClNO. The minimum atomic E-state index is -0.236. The van der Waals surface area contributed by atoms with E-state index < -0.39 is 0 Å². The van der Waals surface area contributed by atoms with Crippen LogP contribution in [0.4, 0.5) is 0 Å². The maximum atomic E-state index is 6.16. The zero-order valence-corrected chi connectivity index (χ0v) is 12.1. The number of benzene rings is 2. The molecule has 0 fully saturated rings. The molecule has 21 heavy (non-hydrogen) atoms. The Morgan fingerprint density at radius 1 is 0.762 bits per heavy atom. The van der Waals surface area contributed by atoms with Gasteiger partial charge in [0.2, 0.25) is 5.88 Å². The van der Waals surface area contributed by atoms with Crippen LogP contribution in [0.1, 0.15) is 17.2 Å². The molecule has 3 heteroatoms. The van der Waals surface area contributed by atoms with E-state index in [-0.39, 0.29) is 6.10 Å². The fourth-order valence-electron chi connectivity index (χ4n) is 2.15. The summed E-state index contributed by atoms with van der Waals surface area (Å²) in [5, 5.41) is 0.509. The number of aromatic nitrogens is 1. The summed E-state index contributed by atoms with van der Waals surface area (Å²) in [6.07, 6.45) is 1.44. The molecule has 0 aliphatic rings. The molecule has 0 aliphatic carbocycles. The lowest BCUT2D eigenvalue weighted by Crippen LogP contribution is -2.10. The predicted molar refractivity (Wildman–Crippen MR) is 84.6 cm³/mol.